The summed E-state index contributed by atoms with van der Waals surface area (Å²) in [5.74, 6) is -0.589. The van der Waals surface area contributed by atoms with E-state index >= 15 is 0 Å². The first-order chi connectivity index (χ1) is 13.9. The first kappa shape index (κ1) is 20.4. The maximum Gasteiger partial charge on any atom is 0.295 e. The van der Waals surface area contributed by atoms with Crippen LogP contribution in [0.2, 0.25) is 0 Å². The van der Waals surface area contributed by atoms with E-state index in [1.54, 1.807) is 42.5 Å². The van der Waals surface area contributed by atoms with Gasteiger partial charge in [0.05, 0.1) is 11.8 Å². The van der Waals surface area contributed by atoms with Gasteiger partial charge in [-0.25, -0.2) is 0 Å². The summed E-state index contributed by atoms with van der Waals surface area (Å²) >= 11 is 0. The van der Waals surface area contributed by atoms with Crippen molar-refractivity contribution in [2.24, 2.45) is 0 Å². The molecule has 1 atom stereocenters. The molecule has 1 aliphatic rings. The summed E-state index contributed by atoms with van der Waals surface area (Å²) < 4.78 is 10.9. The van der Waals surface area contributed by atoms with Crippen LogP contribution in [0, 0.1) is 0 Å². The number of likely N-dealkylation sites (tertiary alicyclic amines) is 1. The summed E-state index contributed by atoms with van der Waals surface area (Å²) in [6, 6.07) is 9.25. The van der Waals surface area contributed by atoms with E-state index in [0.717, 1.165) is 0 Å². The van der Waals surface area contributed by atoms with Crippen molar-refractivity contribution in [1.82, 2.24) is 9.80 Å². The number of amides is 1. The van der Waals surface area contributed by atoms with Gasteiger partial charge in [0.1, 0.15) is 29.9 Å². The van der Waals surface area contributed by atoms with E-state index in [1.165, 1.54) is 11.2 Å². The van der Waals surface area contributed by atoms with Gasteiger partial charge in [-0.2, -0.15) is 0 Å². The zero-order valence-electron chi connectivity index (χ0n) is 16.5. The second kappa shape index (κ2) is 8.79. The van der Waals surface area contributed by atoms with E-state index in [1.807, 2.05) is 19.0 Å². The Kier molecular flexibility index (Phi) is 6.19. The highest BCUT2D eigenvalue weighted by atomic mass is 16.5. The minimum Gasteiger partial charge on any atom is -0.507 e. The maximum atomic E-state index is 12.8. The molecule has 0 spiro atoms. The molecule has 0 bridgehead atoms. The molecule has 3 rings (SSSR count). The number of hydrogen-bond acceptors (Lipinski definition) is 6. The van der Waals surface area contributed by atoms with Crippen molar-refractivity contribution in [3.63, 3.8) is 0 Å². The lowest BCUT2D eigenvalue weighted by atomic mass is 9.99. The number of hydrogen-bond donors (Lipinski definition) is 1. The normalized spacial score (nSPS) is 18.4. The molecule has 29 heavy (non-hydrogen) atoms. The monoisotopic (exact) mass is 396 g/mol. The quantitative estimate of drug-likeness (QED) is 0.320. The summed E-state index contributed by atoms with van der Waals surface area (Å²) in [4.78, 5) is 28.8. The maximum absolute atomic E-state index is 12.8. The molecular weight excluding hydrogens is 372 g/mol. The predicted molar refractivity (Wildman–Crippen MR) is 108 cm³/mol. The van der Waals surface area contributed by atoms with Crippen LogP contribution in [0.1, 0.15) is 17.4 Å². The Balaban J connectivity index is 2.00. The Bertz CT molecular complexity index is 913. The number of carbonyl (C=O) groups excluding carboxylic acids is 2. The van der Waals surface area contributed by atoms with Crippen LogP contribution >= 0.6 is 0 Å². The molecule has 1 aliphatic heterocycles. The second-order valence-corrected chi connectivity index (χ2v) is 6.94. The number of rotatable bonds is 8. The Morgan fingerprint density at radius 2 is 2.00 bits per heavy atom. The van der Waals surface area contributed by atoms with Gasteiger partial charge in [0, 0.05) is 18.7 Å². The molecule has 2 heterocycles. The molecule has 1 aromatic carbocycles. The van der Waals surface area contributed by atoms with Gasteiger partial charge in [0.25, 0.3) is 11.7 Å². The molecule has 1 aromatic heterocycles. The van der Waals surface area contributed by atoms with E-state index in [4.69, 9.17) is 9.15 Å². The van der Waals surface area contributed by atoms with Gasteiger partial charge in [-0.1, -0.05) is 12.7 Å². The van der Waals surface area contributed by atoms with Crippen LogP contribution in [0.3, 0.4) is 0 Å². The summed E-state index contributed by atoms with van der Waals surface area (Å²) in [5, 5.41) is 10.9. The van der Waals surface area contributed by atoms with Crippen LogP contribution in [0.15, 0.2) is 65.3 Å². The highest BCUT2D eigenvalue weighted by molar-refractivity contribution is 6.46. The second-order valence-electron chi connectivity index (χ2n) is 6.94. The van der Waals surface area contributed by atoms with Crippen LogP contribution in [-0.2, 0) is 9.59 Å². The molecule has 1 saturated heterocycles. The van der Waals surface area contributed by atoms with Crippen molar-refractivity contribution in [2.75, 3.05) is 33.8 Å². The molecular formula is C22H24N2O5. The number of ketones is 1. The zero-order chi connectivity index (χ0) is 21.0. The highest BCUT2D eigenvalue weighted by Crippen LogP contribution is 2.39. The topological polar surface area (TPSA) is 83.2 Å². The number of Topliss-reactive ketones (excluding diaryl/α,β-unsaturated/α-hetero) is 1. The molecule has 152 valence electrons. The fraction of sp³-hybridized carbons (Fsp3) is 0.273. The number of likely N-dealkylation sites (N-methyl/N-ethyl adjacent to an activating group) is 1. The number of benzene rings is 1. The summed E-state index contributed by atoms with van der Waals surface area (Å²) in [6.45, 7) is 4.85. The molecule has 7 heteroatoms. The number of aliphatic hydroxyl groups is 1. The molecule has 0 unspecified atom stereocenters. The minimum absolute atomic E-state index is 0.0171. The lowest BCUT2D eigenvalue weighted by Gasteiger charge is -2.24. The van der Waals surface area contributed by atoms with Gasteiger partial charge in [-0.3, -0.25) is 9.59 Å². The number of nitrogens with zero attached hydrogens (tertiary/aromatic N) is 2. The third-order valence-corrected chi connectivity index (χ3v) is 4.64. The fourth-order valence-electron chi connectivity index (χ4n) is 3.18. The van der Waals surface area contributed by atoms with Crippen LogP contribution in [-0.4, -0.2) is 60.4 Å². The largest absolute Gasteiger partial charge is 0.507 e. The first-order valence-corrected chi connectivity index (χ1v) is 9.24. The van der Waals surface area contributed by atoms with E-state index in [9.17, 15) is 14.7 Å². The third-order valence-electron chi connectivity index (χ3n) is 4.64. The van der Waals surface area contributed by atoms with Gasteiger partial charge >= 0.3 is 0 Å². The first-order valence-electron chi connectivity index (χ1n) is 9.24. The number of carbonyl (C=O) groups is 2. The Labute approximate surface area is 169 Å². The lowest BCUT2D eigenvalue weighted by molar-refractivity contribution is -0.140. The summed E-state index contributed by atoms with van der Waals surface area (Å²) in [5.41, 5.74) is 0.432. The average Bonchev–Trinajstić information content (AvgIpc) is 3.32. The van der Waals surface area contributed by atoms with Gasteiger partial charge in [-0.05, 0) is 50.5 Å². The van der Waals surface area contributed by atoms with E-state index in [-0.39, 0.29) is 11.3 Å². The summed E-state index contributed by atoms with van der Waals surface area (Å²) in [6.07, 6.45) is 3.11. The standard InChI is InChI=1S/C22H24N2O5/c1-4-13-28-16-9-7-15(8-10-16)20(25)18-19(17-6-5-14-29-17)24(12-11-23(2)3)22(27)21(18)26/h4-10,14,19,25H,1,11-13H2,2-3H3/b20-18+/t19-/m0/s1. The average molecular weight is 396 g/mol. The van der Waals surface area contributed by atoms with E-state index in [2.05, 4.69) is 6.58 Å². The van der Waals surface area contributed by atoms with E-state index < -0.39 is 17.7 Å². The van der Waals surface area contributed by atoms with Crippen LogP contribution in [0.25, 0.3) is 5.76 Å². The van der Waals surface area contributed by atoms with Crippen molar-refractivity contribution in [3.8, 4) is 5.75 Å². The van der Waals surface area contributed by atoms with Crippen molar-refractivity contribution < 1.29 is 23.8 Å². The Hall–Kier alpha value is -3.32. The number of furan rings is 1. The number of aliphatic hydroxyl groups excluding tert-OH is 1. The van der Waals surface area contributed by atoms with Crippen LogP contribution < -0.4 is 4.74 Å². The highest BCUT2D eigenvalue weighted by Gasteiger charge is 2.47. The molecule has 0 saturated carbocycles. The molecule has 7 nitrogen and oxygen atoms in total. The summed E-state index contributed by atoms with van der Waals surface area (Å²) in [7, 11) is 3.77. The van der Waals surface area contributed by atoms with Crippen molar-refractivity contribution in [1.29, 1.82) is 0 Å². The molecule has 1 amide bonds. The van der Waals surface area contributed by atoms with Crippen molar-refractivity contribution in [2.45, 2.75) is 6.04 Å². The van der Waals surface area contributed by atoms with Crippen LogP contribution in [0.4, 0.5) is 0 Å². The lowest BCUT2D eigenvalue weighted by Crippen LogP contribution is -2.35. The number of ether oxygens (including phenoxy) is 1. The predicted octanol–water partition coefficient (Wildman–Crippen LogP) is 2.83. The SMILES string of the molecule is C=CCOc1ccc(/C(O)=C2\C(=O)C(=O)N(CCN(C)C)[C@H]2c2ccco2)cc1. The van der Waals surface area contributed by atoms with Gasteiger partial charge in [0.2, 0.25) is 0 Å². The smallest absolute Gasteiger partial charge is 0.295 e. The van der Waals surface area contributed by atoms with E-state index in [0.29, 0.717) is 36.8 Å². The molecule has 1 fully saturated rings. The van der Waals surface area contributed by atoms with Crippen molar-refractivity contribution >= 4 is 17.4 Å². The van der Waals surface area contributed by atoms with Gasteiger partial charge < -0.3 is 24.1 Å². The fourth-order valence-corrected chi connectivity index (χ4v) is 3.18. The Morgan fingerprint density at radius 1 is 1.28 bits per heavy atom. The van der Waals surface area contributed by atoms with Gasteiger partial charge in [0.15, 0.2) is 0 Å². The molecule has 2 aromatic rings. The van der Waals surface area contributed by atoms with Crippen LogP contribution in [0.5, 0.6) is 5.75 Å². The Morgan fingerprint density at radius 3 is 2.59 bits per heavy atom. The minimum atomic E-state index is -0.776. The van der Waals surface area contributed by atoms with Gasteiger partial charge in [-0.15, -0.1) is 0 Å². The zero-order valence-corrected chi connectivity index (χ0v) is 16.5. The third kappa shape index (κ3) is 4.25. The van der Waals surface area contributed by atoms with Crippen molar-refractivity contribution in [3.05, 3.63) is 72.2 Å². The molecule has 0 radical (unpaired) electrons. The molecule has 1 N–H and O–H groups in total. The molecule has 0 aliphatic carbocycles.